The third-order valence-electron chi connectivity index (χ3n) is 6.29. The molecule has 1 aromatic carbocycles. The van der Waals surface area contributed by atoms with Crippen LogP contribution in [0.4, 0.5) is 4.79 Å². The van der Waals surface area contributed by atoms with Crippen LogP contribution in [0.3, 0.4) is 0 Å². The maximum absolute atomic E-state index is 12.6. The van der Waals surface area contributed by atoms with Crippen molar-refractivity contribution in [1.29, 1.82) is 0 Å². The summed E-state index contributed by atoms with van der Waals surface area (Å²) in [6.45, 7) is 2.08. The van der Waals surface area contributed by atoms with Crippen molar-refractivity contribution in [2.45, 2.75) is 57.5 Å². The largest absolute Gasteiger partial charge is 0.420 e. The number of carbonyl (C=O) groups excluding carboxylic acids is 2. The number of hydrogen-bond donors (Lipinski definition) is 2. The van der Waals surface area contributed by atoms with Crippen LogP contribution in [-0.4, -0.2) is 47.1 Å². The van der Waals surface area contributed by atoms with Crippen molar-refractivity contribution in [3.05, 3.63) is 34.8 Å². The highest BCUT2D eigenvalue weighted by atomic mass is 16.4. The average molecular weight is 415 g/mol. The zero-order valence-corrected chi connectivity index (χ0v) is 17.3. The molecular formula is C22H30N4O4. The number of para-hydroxylation sites is 2. The Labute approximate surface area is 175 Å². The van der Waals surface area contributed by atoms with Crippen molar-refractivity contribution in [2.75, 3.05) is 19.6 Å². The van der Waals surface area contributed by atoms with E-state index in [0.29, 0.717) is 37.7 Å². The van der Waals surface area contributed by atoms with Crippen LogP contribution in [0.2, 0.25) is 0 Å². The molecule has 0 bridgehead atoms. The van der Waals surface area contributed by atoms with Crippen LogP contribution in [0.1, 0.15) is 44.9 Å². The van der Waals surface area contributed by atoms with Crippen LogP contribution >= 0.6 is 0 Å². The quantitative estimate of drug-likeness (QED) is 0.785. The monoisotopic (exact) mass is 414 g/mol. The van der Waals surface area contributed by atoms with E-state index >= 15 is 0 Å². The van der Waals surface area contributed by atoms with Crippen molar-refractivity contribution in [3.8, 4) is 0 Å². The minimum Gasteiger partial charge on any atom is -0.408 e. The van der Waals surface area contributed by atoms with E-state index in [2.05, 4.69) is 10.6 Å². The van der Waals surface area contributed by atoms with E-state index in [9.17, 15) is 14.4 Å². The predicted molar refractivity (Wildman–Crippen MR) is 113 cm³/mol. The van der Waals surface area contributed by atoms with E-state index in [4.69, 9.17) is 4.42 Å². The highest BCUT2D eigenvalue weighted by Gasteiger charge is 2.29. The topological polar surface area (TPSA) is 96.6 Å². The number of rotatable bonds is 5. The van der Waals surface area contributed by atoms with Crippen LogP contribution in [0, 0.1) is 5.92 Å². The third kappa shape index (κ3) is 4.68. The second-order valence-electron chi connectivity index (χ2n) is 8.32. The molecule has 0 spiro atoms. The fourth-order valence-electron chi connectivity index (χ4n) is 4.60. The summed E-state index contributed by atoms with van der Waals surface area (Å²) < 4.78 is 6.72. The molecule has 2 fully saturated rings. The minimum atomic E-state index is -0.423. The number of nitrogens with zero attached hydrogens (tertiary/aromatic N) is 2. The molecule has 1 aliphatic heterocycles. The molecule has 3 amide bonds. The number of urea groups is 1. The normalized spacial score (nSPS) is 18.5. The van der Waals surface area contributed by atoms with Crippen LogP contribution < -0.4 is 16.4 Å². The SMILES string of the molecule is O=C(NCCn1c(=O)oc2ccccc21)NC1CCN(C(=O)C2CCCCC2)CC1. The van der Waals surface area contributed by atoms with E-state index < -0.39 is 5.76 Å². The molecule has 1 saturated carbocycles. The van der Waals surface area contributed by atoms with Gasteiger partial charge in [-0.3, -0.25) is 9.36 Å². The second kappa shape index (κ2) is 9.36. The van der Waals surface area contributed by atoms with Gasteiger partial charge in [-0.25, -0.2) is 9.59 Å². The first kappa shape index (κ1) is 20.5. The van der Waals surface area contributed by atoms with Crippen molar-refractivity contribution in [3.63, 3.8) is 0 Å². The van der Waals surface area contributed by atoms with Gasteiger partial charge in [-0.2, -0.15) is 0 Å². The molecule has 4 rings (SSSR count). The Morgan fingerprint density at radius 1 is 1.03 bits per heavy atom. The standard InChI is InChI=1S/C22H30N4O4/c27-20(16-6-2-1-3-7-16)25-13-10-17(11-14-25)24-21(28)23-12-15-26-18-8-4-5-9-19(18)30-22(26)29/h4-5,8-9,16-17H,1-3,6-7,10-15H2,(H2,23,24,28). The Morgan fingerprint density at radius 3 is 2.53 bits per heavy atom. The second-order valence-corrected chi connectivity index (χ2v) is 8.32. The van der Waals surface area contributed by atoms with E-state index in [1.165, 1.54) is 11.0 Å². The van der Waals surface area contributed by atoms with Crippen LogP contribution in [-0.2, 0) is 11.3 Å². The molecule has 8 heteroatoms. The van der Waals surface area contributed by atoms with E-state index in [1.54, 1.807) is 6.07 Å². The molecule has 1 aliphatic carbocycles. The number of nitrogens with one attached hydrogen (secondary N) is 2. The Bertz CT molecular complexity index is 936. The lowest BCUT2D eigenvalue weighted by Gasteiger charge is -2.35. The minimum absolute atomic E-state index is 0.0675. The molecule has 2 aliphatic rings. The van der Waals surface area contributed by atoms with Gasteiger partial charge in [0.1, 0.15) is 0 Å². The summed E-state index contributed by atoms with van der Waals surface area (Å²) in [6.07, 6.45) is 7.17. The Hall–Kier alpha value is -2.77. The molecule has 0 unspecified atom stereocenters. The van der Waals surface area contributed by atoms with Gasteiger partial charge < -0.3 is 20.0 Å². The van der Waals surface area contributed by atoms with Gasteiger partial charge in [0, 0.05) is 38.1 Å². The Kier molecular flexibility index (Phi) is 6.40. The molecule has 0 radical (unpaired) electrons. The molecule has 1 saturated heterocycles. The van der Waals surface area contributed by atoms with Gasteiger partial charge in [-0.05, 0) is 37.8 Å². The summed E-state index contributed by atoms with van der Waals surface area (Å²) in [4.78, 5) is 38.8. The summed E-state index contributed by atoms with van der Waals surface area (Å²) in [5.41, 5.74) is 1.26. The van der Waals surface area contributed by atoms with E-state index in [0.717, 1.165) is 44.0 Å². The average Bonchev–Trinajstić information content (AvgIpc) is 3.09. The van der Waals surface area contributed by atoms with Gasteiger partial charge in [0.2, 0.25) is 5.91 Å². The van der Waals surface area contributed by atoms with Crippen LogP contribution in [0.25, 0.3) is 11.1 Å². The highest BCUT2D eigenvalue weighted by molar-refractivity contribution is 5.79. The molecule has 2 N–H and O–H groups in total. The molecule has 30 heavy (non-hydrogen) atoms. The lowest BCUT2D eigenvalue weighted by Crippen LogP contribution is -2.50. The third-order valence-corrected chi connectivity index (χ3v) is 6.29. The molecule has 2 heterocycles. The fourth-order valence-corrected chi connectivity index (χ4v) is 4.60. The lowest BCUT2D eigenvalue weighted by molar-refractivity contribution is -0.137. The number of piperidine rings is 1. The predicted octanol–water partition coefficient (Wildman–Crippen LogP) is 2.46. The van der Waals surface area contributed by atoms with Gasteiger partial charge in [0.25, 0.3) is 0 Å². The first-order chi connectivity index (χ1) is 14.6. The Morgan fingerprint density at radius 2 is 1.77 bits per heavy atom. The molecule has 8 nitrogen and oxygen atoms in total. The molecule has 1 aromatic heterocycles. The summed E-state index contributed by atoms with van der Waals surface area (Å²) in [5.74, 6) is 0.0813. The Balaban J connectivity index is 1.19. The molecule has 2 aromatic rings. The van der Waals surface area contributed by atoms with Gasteiger partial charge in [0.15, 0.2) is 5.58 Å². The maximum atomic E-state index is 12.6. The lowest BCUT2D eigenvalue weighted by atomic mass is 9.87. The number of benzene rings is 1. The van der Waals surface area contributed by atoms with Gasteiger partial charge in [-0.1, -0.05) is 31.4 Å². The summed E-state index contributed by atoms with van der Waals surface area (Å²) >= 11 is 0. The van der Waals surface area contributed by atoms with Crippen LogP contribution in [0.15, 0.2) is 33.5 Å². The number of hydrogen-bond acceptors (Lipinski definition) is 4. The number of fused-ring (bicyclic) bond motifs is 1. The number of carbonyl (C=O) groups is 2. The zero-order chi connectivity index (χ0) is 20.9. The first-order valence-corrected chi connectivity index (χ1v) is 11.0. The fraction of sp³-hybridized carbons (Fsp3) is 0.591. The number of aromatic nitrogens is 1. The summed E-state index contributed by atoms with van der Waals surface area (Å²) in [7, 11) is 0. The summed E-state index contributed by atoms with van der Waals surface area (Å²) in [5, 5.41) is 5.80. The highest BCUT2D eigenvalue weighted by Crippen LogP contribution is 2.26. The van der Waals surface area contributed by atoms with E-state index in [-0.39, 0.29) is 18.0 Å². The first-order valence-electron chi connectivity index (χ1n) is 11.0. The smallest absolute Gasteiger partial charge is 0.408 e. The molecule has 0 atom stereocenters. The zero-order valence-electron chi connectivity index (χ0n) is 17.3. The molecule has 162 valence electrons. The number of oxazole rings is 1. The number of amides is 3. The number of likely N-dealkylation sites (tertiary alicyclic amines) is 1. The van der Waals surface area contributed by atoms with Gasteiger partial charge in [0.05, 0.1) is 5.52 Å². The van der Waals surface area contributed by atoms with Crippen molar-refractivity contribution >= 4 is 23.0 Å². The van der Waals surface area contributed by atoms with Gasteiger partial charge in [-0.15, -0.1) is 0 Å². The van der Waals surface area contributed by atoms with Crippen molar-refractivity contribution in [2.24, 2.45) is 5.92 Å². The van der Waals surface area contributed by atoms with Crippen molar-refractivity contribution < 1.29 is 14.0 Å². The maximum Gasteiger partial charge on any atom is 0.420 e. The van der Waals surface area contributed by atoms with Gasteiger partial charge >= 0.3 is 11.8 Å². The van der Waals surface area contributed by atoms with E-state index in [1.807, 2.05) is 23.1 Å². The molecular weight excluding hydrogens is 384 g/mol. The van der Waals surface area contributed by atoms with Crippen LogP contribution in [0.5, 0.6) is 0 Å². The van der Waals surface area contributed by atoms with Crippen molar-refractivity contribution in [1.82, 2.24) is 20.1 Å². The summed E-state index contributed by atoms with van der Waals surface area (Å²) in [6, 6.07) is 7.06.